The molecule has 3 N–H and O–H groups in total. The summed E-state index contributed by atoms with van der Waals surface area (Å²) < 4.78 is 2.76. The molecule has 1 aromatic heterocycles. The highest BCUT2D eigenvalue weighted by Crippen LogP contribution is 2.25. The van der Waals surface area contributed by atoms with E-state index in [-0.39, 0.29) is 29.0 Å². The van der Waals surface area contributed by atoms with Crippen molar-refractivity contribution in [2.75, 3.05) is 10.6 Å². The van der Waals surface area contributed by atoms with Crippen LogP contribution in [0.5, 0.6) is 0 Å². The maximum Gasteiger partial charge on any atom is 0.345 e. The van der Waals surface area contributed by atoms with Gasteiger partial charge < -0.3 is 16.0 Å². The molecule has 1 aliphatic carbocycles. The van der Waals surface area contributed by atoms with Gasteiger partial charge in [-0.05, 0) is 73.9 Å². The Labute approximate surface area is 228 Å². The van der Waals surface area contributed by atoms with E-state index in [2.05, 4.69) is 16.0 Å². The quantitative estimate of drug-likeness (QED) is 0.347. The summed E-state index contributed by atoms with van der Waals surface area (Å²) in [4.78, 5) is 74.8. The molecule has 0 bridgehead atoms. The summed E-state index contributed by atoms with van der Waals surface area (Å²) in [7, 11) is 0. The van der Waals surface area contributed by atoms with Crippen LogP contribution in [0.4, 0.5) is 11.4 Å². The van der Waals surface area contributed by atoms with Gasteiger partial charge in [0.05, 0.1) is 23.1 Å². The second kappa shape index (κ2) is 11.2. The van der Waals surface area contributed by atoms with E-state index < -0.39 is 17.1 Å². The first-order chi connectivity index (χ1) is 19.1. The second-order valence-corrected chi connectivity index (χ2v) is 9.45. The molecule has 2 atom stereocenters. The molecule has 2 aromatic carbocycles. The number of carbonyl (C=O) groups excluding carboxylic acids is 3. The molecule has 0 aliphatic heterocycles. The zero-order valence-corrected chi connectivity index (χ0v) is 22.3. The minimum absolute atomic E-state index is 0.220. The average Bonchev–Trinajstić information content (AvgIpc) is 2.89. The number of hydrogen-bond acceptors (Lipinski definition) is 6. The van der Waals surface area contributed by atoms with Crippen LogP contribution in [0.25, 0.3) is 17.1 Å². The number of nitrogens with one attached hydrogen (secondary N) is 3. The number of nitrogens with zero attached hydrogens (tertiary/aromatic N) is 3. The van der Waals surface area contributed by atoms with Gasteiger partial charge in [0.15, 0.2) is 0 Å². The SMILES string of the molecule is CC1=CC(NC=O)C(C)C=C1n1c(=O)n(-c2ccc(NC=O)cc2C)c(=O)n(-c2ccc(NC=O)cc2C)c1=O. The highest BCUT2D eigenvalue weighted by molar-refractivity contribution is 5.73. The normalized spacial score (nSPS) is 16.4. The third-order valence-electron chi connectivity index (χ3n) is 6.80. The molecule has 0 fully saturated rings. The average molecular weight is 545 g/mol. The Morgan fingerprint density at radius 2 is 1.15 bits per heavy atom. The molecule has 0 saturated carbocycles. The molecule has 1 heterocycles. The summed E-state index contributed by atoms with van der Waals surface area (Å²) in [5.41, 5.74) is 0.543. The molecule has 12 heteroatoms. The van der Waals surface area contributed by atoms with Gasteiger partial charge in [-0.15, -0.1) is 0 Å². The summed E-state index contributed by atoms with van der Waals surface area (Å²) in [5.74, 6) is -0.269. The lowest BCUT2D eigenvalue weighted by Crippen LogP contribution is -2.53. The molecule has 0 radical (unpaired) electrons. The van der Waals surface area contributed by atoms with E-state index in [0.29, 0.717) is 47.3 Å². The highest BCUT2D eigenvalue weighted by atomic mass is 16.2. The third-order valence-corrected chi connectivity index (χ3v) is 6.80. The van der Waals surface area contributed by atoms with E-state index >= 15 is 0 Å². The van der Waals surface area contributed by atoms with Gasteiger partial charge >= 0.3 is 17.1 Å². The van der Waals surface area contributed by atoms with Crippen LogP contribution < -0.4 is 33.0 Å². The van der Waals surface area contributed by atoms with Gasteiger partial charge in [0.1, 0.15) is 0 Å². The maximum absolute atomic E-state index is 14.0. The Balaban J connectivity index is 2.09. The molecular formula is C28H28N6O6. The predicted octanol–water partition coefficient (Wildman–Crippen LogP) is 1.46. The molecule has 2 unspecified atom stereocenters. The minimum atomic E-state index is -0.892. The van der Waals surface area contributed by atoms with Crippen molar-refractivity contribution in [2.45, 2.75) is 33.7 Å². The lowest BCUT2D eigenvalue weighted by molar-refractivity contribution is -0.110. The number of amides is 3. The second-order valence-electron chi connectivity index (χ2n) is 9.45. The smallest absolute Gasteiger partial charge is 0.345 e. The lowest BCUT2D eigenvalue weighted by atomic mass is 9.91. The van der Waals surface area contributed by atoms with Crippen LogP contribution >= 0.6 is 0 Å². The van der Waals surface area contributed by atoms with Gasteiger partial charge in [0.2, 0.25) is 19.2 Å². The van der Waals surface area contributed by atoms with Crippen LogP contribution in [0.15, 0.2) is 68.5 Å². The summed E-state index contributed by atoms with van der Waals surface area (Å²) in [6.07, 6.45) is 5.06. The number of aryl methyl sites for hydroxylation is 2. The number of carbonyl (C=O) groups is 3. The Morgan fingerprint density at radius 3 is 1.57 bits per heavy atom. The number of hydrogen-bond donors (Lipinski definition) is 3. The van der Waals surface area contributed by atoms with E-state index in [1.165, 1.54) is 24.3 Å². The maximum atomic E-state index is 14.0. The van der Waals surface area contributed by atoms with Crippen molar-refractivity contribution in [2.24, 2.45) is 5.92 Å². The van der Waals surface area contributed by atoms with Gasteiger partial charge in [-0.2, -0.15) is 0 Å². The third kappa shape index (κ3) is 4.94. The van der Waals surface area contributed by atoms with Crippen molar-refractivity contribution in [1.29, 1.82) is 0 Å². The van der Waals surface area contributed by atoms with E-state index in [1.807, 2.05) is 6.92 Å². The van der Waals surface area contributed by atoms with Gasteiger partial charge in [0.25, 0.3) is 0 Å². The van der Waals surface area contributed by atoms with E-state index in [9.17, 15) is 28.8 Å². The number of aromatic nitrogens is 3. The molecule has 206 valence electrons. The van der Waals surface area contributed by atoms with Gasteiger partial charge in [-0.3, -0.25) is 14.4 Å². The van der Waals surface area contributed by atoms with Crippen LogP contribution in [0.1, 0.15) is 25.0 Å². The van der Waals surface area contributed by atoms with E-state index in [1.54, 1.807) is 45.1 Å². The van der Waals surface area contributed by atoms with Gasteiger partial charge in [0, 0.05) is 17.3 Å². The Hall–Kier alpha value is -5.26. The van der Waals surface area contributed by atoms with Crippen molar-refractivity contribution < 1.29 is 14.4 Å². The van der Waals surface area contributed by atoms with Gasteiger partial charge in [-0.25, -0.2) is 28.1 Å². The topological polar surface area (TPSA) is 153 Å². The van der Waals surface area contributed by atoms with Crippen LogP contribution in [-0.2, 0) is 14.4 Å². The van der Waals surface area contributed by atoms with Crippen LogP contribution in [0.2, 0.25) is 0 Å². The lowest BCUT2D eigenvalue weighted by Gasteiger charge is -2.26. The van der Waals surface area contributed by atoms with Crippen molar-refractivity contribution in [3.05, 3.63) is 96.7 Å². The van der Waals surface area contributed by atoms with Gasteiger partial charge in [-0.1, -0.05) is 19.1 Å². The van der Waals surface area contributed by atoms with E-state index in [4.69, 9.17) is 0 Å². The standard InChI is InChI=1S/C28H28N6O6/c1-16-12-25(19(4)11-22(16)31-15-37)34-27(39)32(23-7-5-20(29-13-35)9-17(23)2)26(38)33(28(34)40)24-8-6-21(30-14-36)10-18(24)3/h5-16,22H,1-4H3,(H,29,35)(H,30,36)(H,31,37). The van der Waals surface area contributed by atoms with Crippen LogP contribution in [-0.4, -0.2) is 39.0 Å². The van der Waals surface area contributed by atoms with Crippen LogP contribution in [0.3, 0.4) is 0 Å². The summed E-state index contributed by atoms with van der Waals surface area (Å²) in [6, 6.07) is 8.96. The minimum Gasteiger partial charge on any atom is -0.352 e. The van der Waals surface area contributed by atoms with Crippen molar-refractivity contribution in [1.82, 2.24) is 19.0 Å². The molecule has 12 nitrogen and oxygen atoms in total. The number of allylic oxidation sites excluding steroid dienone is 2. The molecular weight excluding hydrogens is 516 g/mol. The zero-order valence-electron chi connectivity index (χ0n) is 22.3. The highest BCUT2D eigenvalue weighted by Gasteiger charge is 2.26. The zero-order chi connectivity index (χ0) is 29.1. The van der Waals surface area contributed by atoms with Crippen molar-refractivity contribution in [3.8, 4) is 11.4 Å². The number of rotatable bonds is 9. The van der Waals surface area contributed by atoms with Crippen molar-refractivity contribution >= 4 is 36.3 Å². The monoisotopic (exact) mass is 544 g/mol. The first kappa shape index (κ1) is 27.8. The molecule has 0 saturated heterocycles. The molecule has 1 aliphatic rings. The first-order valence-electron chi connectivity index (χ1n) is 12.4. The Bertz CT molecular complexity index is 1660. The summed E-state index contributed by atoms with van der Waals surface area (Å²) in [6.45, 7) is 6.88. The molecule has 4 rings (SSSR count). The van der Waals surface area contributed by atoms with E-state index in [0.717, 1.165) is 13.7 Å². The summed E-state index contributed by atoms with van der Waals surface area (Å²) in [5, 5.41) is 7.77. The Kier molecular flexibility index (Phi) is 7.80. The number of anilines is 2. The molecule has 40 heavy (non-hydrogen) atoms. The number of benzene rings is 2. The fourth-order valence-corrected chi connectivity index (χ4v) is 4.81. The molecule has 3 amide bonds. The predicted molar refractivity (Wildman–Crippen MR) is 151 cm³/mol. The Morgan fingerprint density at radius 1 is 0.675 bits per heavy atom. The molecule has 0 spiro atoms. The first-order valence-corrected chi connectivity index (χ1v) is 12.4. The van der Waals surface area contributed by atoms with Crippen molar-refractivity contribution in [3.63, 3.8) is 0 Å². The summed E-state index contributed by atoms with van der Waals surface area (Å²) >= 11 is 0. The largest absolute Gasteiger partial charge is 0.352 e. The van der Waals surface area contributed by atoms with Crippen LogP contribution in [0, 0.1) is 19.8 Å². The fraction of sp³-hybridized carbons (Fsp3) is 0.214. The molecule has 3 aromatic rings. The fourth-order valence-electron chi connectivity index (χ4n) is 4.81.